The normalized spacial score (nSPS) is 10.7. The monoisotopic (exact) mass is 366 g/mol. The van der Waals surface area contributed by atoms with E-state index in [-0.39, 0.29) is 5.91 Å². The average Bonchev–Trinajstić information content (AvgIpc) is 2.70. The Bertz CT molecular complexity index is 894. The molecule has 0 unspecified atom stereocenters. The molecule has 0 aliphatic carbocycles. The second-order valence-electron chi connectivity index (χ2n) is 5.91. The van der Waals surface area contributed by atoms with Gasteiger partial charge in [0.15, 0.2) is 0 Å². The molecule has 0 aliphatic rings. The number of thioether (sulfide) groups is 1. The first-order chi connectivity index (χ1) is 12.7. The number of pyridine rings is 1. The fourth-order valence-corrected chi connectivity index (χ4v) is 3.57. The maximum absolute atomic E-state index is 12.2. The van der Waals surface area contributed by atoms with Crippen LogP contribution in [0.25, 0.3) is 10.9 Å². The Balaban J connectivity index is 1.59. The first-order valence-electron chi connectivity index (χ1n) is 8.60. The van der Waals surface area contributed by atoms with Crippen molar-refractivity contribution in [2.45, 2.75) is 24.9 Å². The smallest absolute Gasteiger partial charge is 0.230 e. The quantitative estimate of drug-likeness (QED) is 0.636. The molecule has 0 fully saturated rings. The molecule has 3 rings (SSSR count). The van der Waals surface area contributed by atoms with Crippen molar-refractivity contribution in [3.63, 3.8) is 0 Å². The van der Waals surface area contributed by atoms with Gasteiger partial charge in [-0.05, 0) is 41.8 Å². The van der Waals surface area contributed by atoms with Crippen molar-refractivity contribution in [2.75, 3.05) is 12.9 Å². The molecule has 1 N–H and O–H groups in total. The highest BCUT2D eigenvalue weighted by Crippen LogP contribution is 2.25. The Morgan fingerprint density at radius 3 is 2.65 bits per heavy atom. The molecule has 3 aromatic rings. The van der Waals surface area contributed by atoms with Crippen molar-refractivity contribution in [3.8, 4) is 5.75 Å². The number of carbonyl (C=O) groups excluding carboxylic acids is 1. The van der Waals surface area contributed by atoms with Crippen LogP contribution in [0.3, 0.4) is 0 Å². The predicted octanol–water partition coefficient (Wildman–Crippen LogP) is 4.21. The highest BCUT2D eigenvalue weighted by Gasteiger charge is 2.09. The Morgan fingerprint density at radius 1 is 1.15 bits per heavy atom. The second-order valence-corrected chi connectivity index (χ2v) is 6.88. The van der Waals surface area contributed by atoms with Crippen LogP contribution in [0.5, 0.6) is 5.75 Å². The number of methoxy groups -OCH3 is 1. The van der Waals surface area contributed by atoms with Crippen molar-refractivity contribution >= 4 is 28.6 Å². The Kier molecular flexibility index (Phi) is 6.12. The maximum Gasteiger partial charge on any atom is 0.230 e. The van der Waals surface area contributed by atoms with Crippen molar-refractivity contribution in [1.82, 2.24) is 10.3 Å². The molecule has 0 atom stereocenters. The van der Waals surface area contributed by atoms with Gasteiger partial charge in [-0.2, -0.15) is 0 Å². The van der Waals surface area contributed by atoms with E-state index in [1.54, 1.807) is 7.11 Å². The number of fused-ring (bicyclic) bond motifs is 1. The van der Waals surface area contributed by atoms with Crippen LogP contribution in [-0.4, -0.2) is 23.8 Å². The van der Waals surface area contributed by atoms with Crippen LogP contribution in [0.1, 0.15) is 18.1 Å². The van der Waals surface area contributed by atoms with Gasteiger partial charge < -0.3 is 10.1 Å². The lowest BCUT2D eigenvalue weighted by atomic mass is 10.1. The molecule has 2 aromatic carbocycles. The first kappa shape index (κ1) is 18.3. The summed E-state index contributed by atoms with van der Waals surface area (Å²) < 4.78 is 5.14. The number of aromatic nitrogens is 1. The molecule has 1 amide bonds. The number of amides is 1. The van der Waals surface area contributed by atoms with Gasteiger partial charge in [-0.3, -0.25) is 4.79 Å². The number of benzene rings is 2. The lowest BCUT2D eigenvalue weighted by molar-refractivity contribution is -0.118. The molecular formula is C21H22N2O2S. The third-order valence-corrected chi connectivity index (χ3v) is 5.17. The molecule has 26 heavy (non-hydrogen) atoms. The van der Waals surface area contributed by atoms with Crippen molar-refractivity contribution in [3.05, 3.63) is 65.7 Å². The van der Waals surface area contributed by atoms with Gasteiger partial charge in [-0.1, -0.05) is 49.0 Å². The van der Waals surface area contributed by atoms with E-state index >= 15 is 0 Å². The number of para-hydroxylation sites is 1. The van der Waals surface area contributed by atoms with E-state index in [4.69, 9.17) is 9.72 Å². The molecule has 5 heteroatoms. The van der Waals surface area contributed by atoms with Gasteiger partial charge in [0.1, 0.15) is 10.8 Å². The Labute approximate surface area is 158 Å². The summed E-state index contributed by atoms with van der Waals surface area (Å²) >= 11 is 1.49. The molecule has 1 heterocycles. The Hall–Kier alpha value is -2.53. The third-order valence-electron chi connectivity index (χ3n) is 4.13. The number of nitrogens with one attached hydrogen (secondary N) is 1. The fraction of sp³-hybridized carbons (Fsp3) is 0.238. The third kappa shape index (κ3) is 4.55. The van der Waals surface area contributed by atoms with Crippen LogP contribution in [-0.2, 0) is 17.8 Å². The lowest BCUT2D eigenvalue weighted by Crippen LogP contribution is -2.24. The number of hydrogen-bond donors (Lipinski definition) is 1. The minimum absolute atomic E-state index is 0.00262. The molecule has 0 aliphatic heterocycles. The minimum Gasteiger partial charge on any atom is -0.497 e. The fourth-order valence-electron chi connectivity index (χ4n) is 2.65. The zero-order valence-corrected chi connectivity index (χ0v) is 15.8. The number of nitrogens with zero attached hydrogens (tertiary/aromatic N) is 1. The predicted molar refractivity (Wildman–Crippen MR) is 107 cm³/mol. The highest BCUT2D eigenvalue weighted by atomic mass is 32.2. The lowest BCUT2D eigenvalue weighted by Gasteiger charge is -2.09. The van der Waals surface area contributed by atoms with Crippen molar-refractivity contribution < 1.29 is 9.53 Å². The van der Waals surface area contributed by atoms with Crippen LogP contribution < -0.4 is 10.1 Å². The molecule has 0 radical (unpaired) electrons. The zero-order valence-electron chi connectivity index (χ0n) is 15.0. The van der Waals surface area contributed by atoms with Crippen LogP contribution in [0.2, 0.25) is 0 Å². The summed E-state index contributed by atoms with van der Waals surface area (Å²) in [6.45, 7) is 2.62. The SMILES string of the molecule is CCc1cc2ccccc2nc1SCC(=O)NCc1ccc(OC)cc1. The number of aryl methyl sites for hydroxylation is 1. The molecule has 0 saturated carbocycles. The number of carbonyl (C=O) groups is 1. The maximum atomic E-state index is 12.2. The van der Waals surface area contributed by atoms with Crippen LogP contribution in [0.4, 0.5) is 0 Å². The summed E-state index contributed by atoms with van der Waals surface area (Å²) in [5.74, 6) is 1.17. The van der Waals surface area contributed by atoms with E-state index in [2.05, 4.69) is 24.4 Å². The van der Waals surface area contributed by atoms with Gasteiger partial charge in [0.05, 0.1) is 18.4 Å². The van der Waals surface area contributed by atoms with Gasteiger partial charge >= 0.3 is 0 Å². The van der Waals surface area contributed by atoms with Gasteiger partial charge in [0, 0.05) is 11.9 Å². The molecule has 0 spiro atoms. The minimum atomic E-state index is 0.00262. The largest absolute Gasteiger partial charge is 0.497 e. The molecular weight excluding hydrogens is 344 g/mol. The van der Waals surface area contributed by atoms with E-state index in [0.29, 0.717) is 12.3 Å². The number of hydrogen-bond acceptors (Lipinski definition) is 4. The van der Waals surface area contributed by atoms with Gasteiger partial charge in [0.2, 0.25) is 5.91 Å². The molecule has 134 valence electrons. The summed E-state index contributed by atoms with van der Waals surface area (Å²) in [5, 5.41) is 5.03. The summed E-state index contributed by atoms with van der Waals surface area (Å²) in [6, 6.07) is 17.9. The van der Waals surface area contributed by atoms with E-state index in [1.807, 2.05) is 42.5 Å². The summed E-state index contributed by atoms with van der Waals surface area (Å²) in [5.41, 5.74) is 3.18. The van der Waals surface area contributed by atoms with Gasteiger partial charge in [-0.15, -0.1) is 0 Å². The number of ether oxygens (including phenoxy) is 1. The zero-order chi connectivity index (χ0) is 18.4. The van der Waals surface area contributed by atoms with E-state index in [0.717, 1.165) is 33.7 Å². The van der Waals surface area contributed by atoms with Crippen molar-refractivity contribution in [1.29, 1.82) is 0 Å². The van der Waals surface area contributed by atoms with E-state index < -0.39 is 0 Å². The summed E-state index contributed by atoms with van der Waals surface area (Å²) in [4.78, 5) is 16.9. The van der Waals surface area contributed by atoms with Gasteiger partial charge in [-0.25, -0.2) is 4.98 Å². The van der Waals surface area contributed by atoms with Gasteiger partial charge in [0.25, 0.3) is 0 Å². The van der Waals surface area contributed by atoms with Crippen molar-refractivity contribution in [2.24, 2.45) is 0 Å². The van der Waals surface area contributed by atoms with Crippen LogP contribution in [0, 0.1) is 0 Å². The highest BCUT2D eigenvalue weighted by molar-refractivity contribution is 7.99. The number of rotatable bonds is 7. The van der Waals surface area contributed by atoms with E-state index in [1.165, 1.54) is 17.3 Å². The summed E-state index contributed by atoms with van der Waals surface area (Å²) in [7, 11) is 1.64. The second kappa shape index (κ2) is 8.72. The van der Waals surface area contributed by atoms with E-state index in [9.17, 15) is 4.79 Å². The molecule has 1 aromatic heterocycles. The topological polar surface area (TPSA) is 51.2 Å². The molecule has 0 bridgehead atoms. The average molecular weight is 366 g/mol. The molecule has 0 saturated heterocycles. The first-order valence-corrected chi connectivity index (χ1v) is 9.59. The Morgan fingerprint density at radius 2 is 1.92 bits per heavy atom. The van der Waals surface area contributed by atoms with Crippen LogP contribution >= 0.6 is 11.8 Å². The molecule has 4 nitrogen and oxygen atoms in total. The summed E-state index contributed by atoms with van der Waals surface area (Å²) in [6.07, 6.45) is 0.896. The van der Waals surface area contributed by atoms with Crippen LogP contribution in [0.15, 0.2) is 59.6 Å². The standard InChI is InChI=1S/C21H22N2O2S/c1-3-16-12-17-6-4-5-7-19(17)23-21(16)26-14-20(24)22-13-15-8-10-18(25-2)11-9-15/h4-12H,3,13-14H2,1-2H3,(H,22,24).